The lowest BCUT2D eigenvalue weighted by Gasteiger charge is -2.36. The highest BCUT2D eigenvalue weighted by Gasteiger charge is 2.21. The summed E-state index contributed by atoms with van der Waals surface area (Å²) in [6.07, 6.45) is 0. The van der Waals surface area contributed by atoms with Crippen molar-refractivity contribution in [2.45, 2.75) is 20.8 Å². The molecule has 1 heterocycles. The number of rotatable bonds is 4. The molecular weight excluding hydrogens is 326 g/mol. The van der Waals surface area contributed by atoms with Crippen LogP contribution in [0.25, 0.3) is 0 Å². The van der Waals surface area contributed by atoms with Crippen molar-refractivity contribution in [1.82, 2.24) is 4.90 Å². The number of ether oxygens (including phenoxy) is 1. The number of piperazine rings is 1. The molecule has 138 valence electrons. The largest absolute Gasteiger partial charge is 0.494 e. The van der Waals surface area contributed by atoms with E-state index in [9.17, 15) is 4.79 Å². The van der Waals surface area contributed by atoms with Gasteiger partial charge in [0.05, 0.1) is 6.61 Å². The first-order chi connectivity index (χ1) is 12.6. The molecule has 3 rings (SSSR count). The van der Waals surface area contributed by atoms with E-state index in [1.807, 2.05) is 36.9 Å². The third-order valence-corrected chi connectivity index (χ3v) is 4.68. The Labute approximate surface area is 155 Å². The zero-order valence-corrected chi connectivity index (χ0v) is 15.8. The smallest absolute Gasteiger partial charge is 0.321 e. The molecule has 0 aromatic heterocycles. The summed E-state index contributed by atoms with van der Waals surface area (Å²) in [4.78, 5) is 16.8. The molecule has 0 atom stereocenters. The van der Waals surface area contributed by atoms with Crippen LogP contribution in [0.2, 0.25) is 0 Å². The van der Waals surface area contributed by atoms with Gasteiger partial charge >= 0.3 is 6.03 Å². The molecule has 1 fully saturated rings. The molecule has 2 amide bonds. The minimum Gasteiger partial charge on any atom is -0.494 e. The third-order valence-electron chi connectivity index (χ3n) is 4.68. The van der Waals surface area contributed by atoms with E-state index >= 15 is 0 Å². The zero-order valence-electron chi connectivity index (χ0n) is 15.8. The second-order valence-electron chi connectivity index (χ2n) is 6.65. The average Bonchev–Trinajstić information content (AvgIpc) is 2.64. The van der Waals surface area contributed by atoms with Crippen molar-refractivity contribution in [3.05, 3.63) is 53.6 Å². The Kier molecular flexibility index (Phi) is 5.66. The molecule has 5 nitrogen and oxygen atoms in total. The highest BCUT2D eigenvalue weighted by Crippen LogP contribution is 2.22. The number of nitrogens with zero attached hydrogens (tertiary/aromatic N) is 2. The van der Waals surface area contributed by atoms with Gasteiger partial charge in [-0.1, -0.05) is 12.1 Å². The molecule has 0 radical (unpaired) electrons. The first-order valence-electron chi connectivity index (χ1n) is 9.18. The Morgan fingerprint density at radius 3 is 2.50 bits per heavy atom. The summed E-state index contributed by atoms with van der Waals surface area (Å²) in [5.74, 6) is 0.828. The van der Waals surface area contributed by atoms with Crippen molar-refractivity contribution in [2.24, 2.45) is 0 Å². The lowest BCUT2D eigenvalue weighted by Crippen LogP contribution is -2.50. The topological polar surface area (TPSA) is 44.8 Å². The molecule has 1 aliphatic rings. The van der Waals surface area contributed by atoms with Gasteiger partial charge in [0, 0.05) is 37.6 Å². The highest BCUT2D eigenvalue weighted by molar-refractivity contribution is 5.90. The van der Waals surface area contributed by atoms with Crippen LogP contribution in [0, 0.1) is 13.8 Å². The quantitative estimate of drug-likeness (QED) is 0.902. The molecule has 0 unspecified atom stereocenters. The SMILES string of the molecule is CCOc1ccc(NC(=O)N2CCN(c3cccc(C)c3)CC2)c(C)c1. The lowest BCUT2D eigenvalue weighted by molar-refractivity contribution is 0.208. The number of hydrogen-bond donors (Lipinski definition) is 1. The summed E-state index contributed by atoms with van der Waals surface area (Å²) in [7, 11) is 0. The van der Waals surface area contributed by atoms with E-state index in [-0.39, 0.29) is 6.03 Å². The molecule has 0 aliphatic carbocycles. The predicted molar refractivity (Wildman–Crippen MR) is 106 cm³/mol. The van der Waals surface area contributed by atoms with Crippen molar-refractivity contribution in [1.29, 1.82) is 0 Å². The summed E-state index contributed by atoms with van der Waals surface area (Å²) >= 11 is 0. The summed E-state index contributed by atoms with van der Waals surface area (Å²) in [6, 6.07) is 14.2. The maximum atomic E-state index is 12.6. The predicted octanol–water partition coefficient (Wildman–Crippen LogP) is 4.06. The Hall–Kier alpha value is -2.69. The number of carbonyl (C=O) groups excluding carboxylic acids is 1. The van der Waals surface area contributed by atoms with Crippen molar-refractivity contribution >= 4 is 17.4 Å². The van der Waals surface area contributed by atoms with Gasteiger partial charge in [-0.3, -0.25) is 0 Å². The van der Waals surface area contributed by atoms with Crippen molar-refractivity contribution in [3.8, 4) is 5.75 Å². The number of amides is 2. The average molecular weight is 353 g/mol. The van der Waals surface area contributed by atoms with Crippen LogP contribution >= 0.6 is 0 Å². The molecule has 1 N–H and O–H groups in total. The Bertz CT molecular complexity index is 768. The fourth-order valence-electron chi connectivity index (χ4n) is 3.22. The lowest BCUT2D eigenvalue weighted by atomic mass is 10.2. The van der Waals surface area contributed by atoms with Crippen LogP contribution in [0.3, 0.4) is 0 Å². The monoisotopic (exact) mass is 353 g/mol. The van der Waals surface area contributed by atoms with E-state index in [0.29, 0.717) is 6.61 Å². The Morgan fingerprint density at radius 2 is 1.85 bits per heavy atom. The molecule has 0 bridgehead atoms. The summed E-state index contributed by atoms with van der Waals surface area (Å²) in [6.45, 7) is 9.81. The minimum atomic E-state index is -0.0406. The summed E-state index contributed by atoms with van der Waals surface area (Å²) in [5, 5.41) is 3.03. The highest BCUT2D eigenvalue weighted by atomic mass is 16.5. The number of benzene rings is 2. The molecule has 2 aromatic rings. The fourth-order valence-corrected chi connectivity index (χ4v) is 3.22. The molecule has 26 heavy (non-hydrogen) atoms. The van der Waals surface area contributed by atoms with Gasteiger partial charge < -0.3 is 19.9 Å². The van der Waals surface area contributed by atoms with Crippen LogP contribution in [-0.4, -0.2) is 43.7 Å². The van der Waals surface area contributed by atoms with Gasteiger partial charge in [0.25, 0.3) is 0 Å². The summed E-state index contributed by atoms with van der Waals surface area (Å²) in [5.41, 5.74) is 4.32. The van der Waals surface area contributed by atoms with Crippen molar-refractivity contribution in [3.63, 3.8) is 0 Å². The van der Waals surface area contributed by atoms with Gasteiger partial charge in [-0.25, -0.2) is 4.79 Å². The van der Waals surface area contributed by atoms with Crippen LogP contribution in [-0.2, 0) is 0 Å². The van der Waals surface area contributed by atoms with Crippen LogP contribution < -0.4 is 15.0 Å². The van der Waals surface area contributed by atoms with E-state index in [1.165, 1.54) is 11.3 Å². The van der Waals surface area contributed by atoms with E-state index in [2.05, 4.69) is 41.4 Å². The zero-order chi connectivity index (χ0) is 18.5. The normalized spacial score (nSPS) is 14.3. The second-order valence-corrected chi connectivity index (χ2v) is 6.65. The van der Waals surface area contributed by atoms with Crippen LogP contribution in [0.15, 0.2) is 42.5 Å². The number of urea groups is 1. The maximum absolute atomic E-state index is 12.6. The first-order valence-corrected chi connectivity index (χ1v) is 9.18. The molecule has 2 aromatic carbocycles. The Morgan fingerprint density at radius 1 is 1.08 bits per heavy atom. The van der Waals surface area contributed by atoms with E-state index in [4.69, 9.17) is 4.74 Å². The van der Waals surface area contributed by atoms with E-state index < -0.39 is 0 Å². The molecule has 1 saturated heterocycles. The van der Waals surface area contributed by atoms with Gasteiger partial charge in [-0.15, -0.1) is 0 Å². The van der Waals surface area contributed by atoms with Gasteiger partial charge in [0.15, 0.2) is 0 Å². The Balaban J connectivity index is 1.57. The van der Waals surface area contributed by atoms with Crippen LogP contribution in [0.4, 0.5) is 16.2 Å². The standard InChI is InChI=1S/C21H27N3O2/c1-4-26-19-8-9-20(17(3)15-19)22-21(25)24-12-10-23(11-13-24)18-7-5-6-16(2)14-18/h5-9,14-15H,4,10-13H2,1-3H3,(H,22,25). The molecular formula is C21H27N3O2. The number of nitrogens with one attached hydrogen (secondary N) is 1. The number of hydrogen-bond acceptors (Lipinski definition) is 3. The van der Waals surface area contributed by atoms with Gasteiger partial charge in [0.1, 0.15) is 5.75 Å². The fraction of sp³-hybridized carbons (Fsp3) is 0.381. The van der Waals surface area contributed by atoms with Crippen LogP contribution in [0.5, 0.6) is 5.75 Å². The summed E-state index contributed by atoms with van der Waals surface area (Å²) < 4.78 is 5.50. The van der Waals surface area contributed by atoms with Crippen LogP contribution in [0.1, 0.15) is 18.1 Å². The number of aryl methyl sites for hydroxylation is 2. The van der Waals surface area contributed by atoms with E-state index in [1.54, 1.807) is 0 Å². The molecule has 5 heteroatoms. The van der Waals surface area contributed by atoms with Gasteiger partial charge in [-0.2, -0.15) is 0 Å². The van der Waals surface area contributed by atoms with Crippen molar-refractivity contribution < 1.29 is 9.53 Å². The maximum Gasteiger partial charge on any atom is 0.321 e. The number of carbonyl (C=O) groups is 1. The molecule has 1 aliphatic heterocycles. The first kappa shape index (κ1) is 18.1. The minimum absolute atomic E-state index is 0.0406. The molecule has 0 saturated carbocycles. The van der Waals surface area contributed by atoms with Gasteiger partial charge in [-0.05, 0) is 62.2 Å². The van der Waals surface area contributed by atoms with Gasteiger partial charge in [0.2, 0.25) is 0 Å². The molecule has 0 spiro atoms. The number of anilines is 2. The van der Waals surface area contributed by atoms with Crippen molar-refractivity contribution in [2.75, 3.05) is 43.0 Å². The van der Waals surface area contributed by atoms with E-state index in [0.717, 1.165) is 43.2 Å². The second kappa shape index (κ2) is 8.13. The third kappa shape index (κ3) is 4.28.